The van der Waals surface area contributed by atoms with E-state index in [1.54, 1.807) is 10.9 Å². The molecule has 1 aliphatic rings. The molecule has 2 N–H and O–H groups in total. The highest BCUT2D eigenvalue weighted by Crippen LogP contribution is 2.17. The molecule has 1 aromatic heterocycles. The molecule has 0 aliphatic carbocycles. The fourth-order valence-corrected chi connectivity index (χ4v) is 3.30. The summed E-state index contributed by atoms with van der Waals surface area (Å²) < 4.78 is 1.74. The van der Waals surface area contributed by atoms with Crippen molar-refractivity contribution in [3.63, 3.8) is 0 Å². The summed E-state index contributed by atoms with van der Waals surface area (Å²) in [6.07, 6.45) is 5.66. The number of hydrogen-bond donors (Lipinski definition) is 2. The highest BCUT2D eigenvalue weighted by molar-refractivity contribution is 5.34. The zero-order valence-corrected chi connectivity index (χ0v) is 15.2. The maximum atomic E-state index is 10.3. The van der Waals surface area contributed by atoms with Crippen LogP contribution >= 0.6 is 0 Å². The van der Waals surface area contributed by atoms with Gasteiger partial charge in [-0.1, -0.05) is 24.3 Å². The first-order valence-corrected chi connectivity index (χ1v) is 9.22. The number of likely N-dealkylation sites (tertiary alicyclic amines) is 1. The van der Waals surface area contributed by atoms with Crippen molar-refractivity contribution in [3.05, 3.63) is 42.2 Å². The molecule has 2 unspecified atom stereocenters. The third kappa shape index (κ3) is 5.11. The van der Waals surface area contributed by atoms with Gasteiger partial charge in [-0.3, -0.25) is 0 Å². The number of β-amino-alcohol motifs (C(OH)–C–C–N with tert-alkyl or cyclic N) is 1. The molecule has 1 saturated heterocycles. The van der Waals surface area contributed by atoms with Crippen LogP contribution in [0.15, 0.2) is 36.7 Å². The first kappa shape index (κ1) is 18.0. The van der Waals surface area contributed by atoms with Crippen molar-refractivity contribution in [2.24, 2.45) is 5.92 Å². The maximum Gasteiger partial charge on any atom is 0.0791 e. The summed E-state index contributed by atoms with van der Waals surface area (Å²) in [5.74, 6) is 0.826. The summed E-state index contributed by atoms with van der Waals surface area (Å²) in [4.78, 5) is 2.38. The van der Waals surface area contributed by atoms with Crippen molar-refractivity contribution in [2.75, 3.05) is 26.2 Å². The van der Waals surface area contributed by atoms with E-state index in [9.17, 15) is 5.11 Å². The van der Waals surface area contributed by atoms with Gasteiger partial charge in [0.15, 0.2) is 0 Å². The van der Waals surface area contributed by atoms with E-state index in [0.29, 0.717) is 6.54 Å². The molecule has 0 spiro atoms. The summed E-state index contributed by atoms with van der Waals surface area (Å²) in [5, 5.41) is 21.6. The molecule has 0 bridgehead atoms. The number of nitrogens with one attached hydrogen (secondary N) is 1. The first-order valence-electron chi connectivity index (χ1n) is 9.22. The summed E-state index contributed by atoms with van der Waals surface area (Å²) in [6, 6.07) is 8.45. The van der Waals surface area contributed by atoms with Gasteiger partial charge in [-0.15, -0.1) is 5.10 Å². The number of piperidine rings is 1. The third-order valence-electron chi connectivity index (χ3n) is 5.09. The van der Waals surface area contributed by atoms with Crippen LogP contribution in [0.5, 0.6) is 0 Å². The molecule has 136 valence electrons. The van der Waals surface area contributed by atoms with Gasteiger partial charge >= 0.3 is 0 Å². The van der Waals surface area contributed by atoms with Crippen molar-refractivity contribution in [2.45, 2.75) is 38.8 Å². The second-order valence-electron chi connectivity index (χ2n) is 7.21. The van der Waals surface area contributed by atoms with Crippen LogP contribution in [0, 0.1) is 5.92 Å². The Labute approximate surface area is 149 Å². The van der Waals surface area contributed by atoms with E-state index in [0.717, 1.165) is 31.2 Å². The molecule has 1 aliphatic heterocycles. The van der Waals surface area contributed by atoms with Crippen molar-refractivity contribution in [1.29, 1.82) is 0 Å². The number of aliphatic hydroxyl groups excluding tert-OH is 1. The van der Waals surface area contributed by atoms with Gasteiger partial charge in [0.25, 0.3) is 0 Å². The van der Waals surface area contributed by atoms with Crippen molar-refractivity contribution < 1.29 is 5.11 Å². The van der Waals surface area contributed by atoms with E-state index >= 15 is 0 Å². The molecular weight excluding hydrogens is 314 g/mol. The van der Waals surface area contributed by atoms with E-state index < -0.39 is 0 Å². The molecule has 1 aromatic carbocycles. The molecule has 2 atom stereocenters. The number of benzene rings is 1. The monoisotopic (exact) mass is 343 g/mol. The topological polar surface area (TPSA) is 66.2 Å². The Bertz CT molecular complexity index is 620. The highest BCUT2D eigenvalue weighted by atomic mass is 16.3. The summed E-state index contributed by atoms with van der Waals surface area (Å²) in [5.41, 5.74) is 2.19. The van der Waals surface area contributed by atoms with Gasteiger partial charge in [0, 0.05) is 19.1 Å². The standard InChI is InChI=1S/C19H29N5O/c1-15-7-10-23(11-8-15)14-19(25)13-20-16(2)17-3-5-18(6-4-17)24-12-9-21-22-24/h3-6,9,12,15-16,19-20,25H,7-8,10-11,13-14H2,1-2H3. The SMILES string of the molecule is CC1CCN(CC(O)CNC(C)c2ccc(-n3ccnn3)cc2)CC1. The van der Waals surface area contributed by atoms with Crippen LogP contribution in [0.3, 0.4) is 0 Å². The van der Waals surface area contributed by atoms with Crippen LogP contribution in [0.1, 0.15) is 38.3 Å². The average molecular weight is 343 g/mol. The molecule has 2 heterocycles. The largest absolute Gasteiger partial charge is 0.390 e. The minimum absolute atomic E-state index is 0.195. The molecular formula is C19H29N5O. The molecule has 3 rings (SSSR count). The Morgan fingerprint density at radius 2 is 1.96 bits per heavy atom. The van der Waals surface area contributed by atoms with Gasteiger partial charge < -0.3 is 15.3 Å². The normalized spacial score (nSPS) is 19.0. The molecule has 6 nitrogen and oxygen atoms in total. The Morgan fingerprint density at radius 3 is 2.60 bits per heavy atom. The van der Waals surface area contributed by atoms with Gasteiger partial charge in [0.05, 0.1) is 24.2 Å². The van der Waals surface area contributed by atoms with Crippen LogP contribution in [0.4, 0.5) is 0 Å². The number of aromatic nitrogens is 3. The predicted molar refractivity (Wildman–Crippen MR) is 98.6 cm³/mol. The lowest BCUT2D eigenvalue weighted by Gasteiger charge is -2.32. The fourth-order valence-electron chi connectivity index (χ4n) is 3.30. The number of aliphatic hydroxyl groups is 1. The van der Waals surface area contributed by atoms with Crippen molar-refractivity contribution in [1.82, 2.24) is 25.2 Å². The fraction of sp³-hybridized carbons (Fsp3) is 0.579. The van der Waals surface area contributed by atoms with Gasteiger partial charge in [0.2, 0.25) is 0 Å². The zero-order valence-electron chi connectivity index (χ0n) is 15.2. The van der Waals surface area contributed by atoms with Gasteiger partial charge in [0.1, 0.15) is 0 Å². The number of hydrogen-bond acceptors (Lipinski definition) is 5. The van der Waals surface area contributed by atoms with E-state index in [1.807, 2.05) is 18.3 Å². The molecule has 1 fully saturated rings. The van der Waals surface area contributed by atoms with Gasteiger partial charge in [-0.2, -0.15) is 0 Å². The lowest BCUT2D eigenvalue weighted by molar-refractivity contribution is 0.0892. The minimum Gasteiger partial charge on any atom is -0.390 e. The van der Waals surface area contributed by atoms with Crippen LogP contribution in [-0.2, 0) is 0 Å². The van der Waals surface area contributed by atoms with Crippen LogP contribution in [0.25, 0.3) is 5.69 Å². The minimum atomic E-state index is -0.328. The summed E-state index contributed by atoms with van der Waals surface area (Å²) in [6.45, 7) is 8.02. The van der Waals surface area contributed by atoms with Crippen LogP contribution in [0.2, 0.25) is 0 Å². The highest BCUT2D eigenvalue weighted by Gasteiger charge is 2.18. The van der Waals surface area contributed by atoms with Crippen molar-refractivity contribution >= 4 is 0 Å². The molecule has 2 aromatic rings. The number of nitrogens with zero attached hydrogens (tertiary/aromatic N) is 4. The van der Waals surface area contributed by atoms with E-state index in [-0.39, 0.29) is 12.1 Å². The second kappa shape index (κ2) is 8.56. The average Bonchev–Trinajstić information content (AvgIpc) is 3.16. The molecule has 6 heteroatoms. The molecule has 0 radical (unpaired) electrons. The van der Waals surface area contributed by atoms with E-state index in [1.165, 1.54) is 18.4 Å². The zero-order chi connectivity index (χ0) is 17.6. The predicted octanol–water partition coefficient (Wildman–Crippen LogP) is 2.01. The van der Waals surface area contributed by atoms with Crippen molar-refractivity contribution in [3.8, 4) is 5.69 Å². The molecule has 25 heavy (non-hydrogen) atoms. The van der Waals surface area contributed by atoms with Crippen LogP contribution in [-0.4, -0.2) is 57.3 Å². The Balaban J connectivity index is 1.44. The molecule has 0 saturated carbocycles. The Morgan fingerprint density at radius 1 is 1.24 bits per heavy atom. The first-order chi connectivity index (χ1) is 12.1. The summed E-state index contributed by atoms with van der Waals surface area (Å²) in [7, 11) is 0. The van der Waals surface area contributed by atoms with Gasteiger partial charge in [-0.25, -0.2) is 4.68 Å². The smallest absolute Gasteiger partial charge is 0.0791 e. The Kier molecular flexibility index (Phi) is 6.18. The maximum absolute atomic E-state index is 10.3. The lowest BCUT2D eigenvalue weighted by atomic mass is 9.99. The lowest BCUT2D eigenvalue weighted by Crippen LogP contribution is -2.42. The Hall–Kier alpha value is -1.76. The molecule has 0 amide bonds. The third-order valence-corrected chi connectivity index (χ3v) is 5.09. The second-order valence-corrected chi connectivity index (χ2v) is 7.21. The van der Waals surface area contributed by atoms with Gasteiger partial charge in [-0.05, 0) is 56.5 Å². The van der Waals surface area contributed by atoms with E-state index in [2.05, 4.69) is 46.5 Å². The van der Waals surface area contributed by atoms with Crippen LogP contribution < -0.4 is 5.32 Å². The quantitative estimate of drug-likeness (QED) is 0.805. The number of rotatable bonds is 7. The summed E-state index contributed by atoms with van der Waals surface area (Å²) >= 11 is 0. The van der Waals surface area contributed by atoms with E-state index in [4.69, 9.17) is 0 Å².